The number of hydrogen-bond donors (Lipinski definition) is 1. The van der Waals surface area contributed by atoms with Gasteiger partial charge in [0.25, 0.3) is 0 Å². The average Bonchev–Trinajstić information content (AvgIpc) is 2.10. The number of ether oxygens (including phenoxy) is 1. The van der Waals surface area contributed by atoms with Crippen LogP contribution in [-0.4, -0.2) is 49.2 Å². The second-order valence-electron chi connectivity index (χ2n) is 2.77. The van der Waals surface area contributed by atoms with Crippen LogP contribution in [0.15, 0.2) is 0 Å². The minimum atomic E-state index is -0.829. The Balaban J connectivity index is 3.45. The number of methoxy groups -OCH3 is 1. The van der Waals surface area contributed by atoms with E-state index in [-0.39, 0.29) is 12.4 Å². The first-order chi connectivity index (χ1) is 6.06. The highest BCUT2D eigenvalue weighted by molar-refractivity contribution is 5.69. The zero-order valence-corrected chi connectivity index (χ0v) is 7.95. The van der Waals surface area contributed by atoms with Gasteiger partial charge >= 0.3 is 11.9 Å². The van der Waals surface area contributed by atoms with Crippen molar-refractivity contribution in [1.29, 1.82) is 0 Å². The highest BCUT2D eigenvalue weighted by Crippen LogP contribution is 1.92. The molecule has 1 N–H and O–H groups in total. The first-order valence-corrected chi connectivity index (χ1v) is 4.03. The number of carboxylic acids is 1. The third-order valence-corrected chi connectivity index (χ3v) is 1.63. The molecule has 0 saturated carbocycles. The minimum Gasteiger partial charge on any atom is -0.481 e. The summed E-state index contributed by atoms with van der Waals surface area (Å²) in [7, 11) is 3.10. The molecule has 0 aliphatic rings. The summed E-state index contributed by atoms with van der Waals surface area (Å²) < 4.78 is 4.44. The maximum Gasteiger partial charge on any atom is 0.306 e. The molecule has 5 heteroatoms. The first kappa shape index (κ1) is 11.9. The first-order valence-electron chi connectivity index (χ1n) is 4.03. The summed E-state index contributed by atoms with van der Waals surface area (Å²) in [6.07, 6.45) is 0.393. The molecule has 0 spiro atoms. The Morgan fingerprint density at radius 3 is 2.31 bits per heavy atom. The van der Waals surface area contributed by atoms with Crippen molar-refractivity contribution in [1.82, 2.24) is 4.90 Å². The quantitative estimate of drug-likeness (QED) is 0.594. The Hall–Kier alpha value is -1.10. The molecular formula is C8H15NO4. The number of carbonyl (C=O) groups is 2. The van der Waals surface area contributed by atoms with Crippen LogP contribution in [0.25, 0.3) is 0 Å². The van der Waals surface area contributed by atoms with Crippen LogP contribution in [0.1, 0.15) is 12.8 Å². The molecule has 5 nitrogen and oxygen atoms in total. The number of hydrogen-bond acceptors (Lipinski definition) is 4. The molecular weight excluding hydrogens is 174 g/mol. The van der Waals surface area contributed by atoms with Crippen molar-refractivity contribution < 1.29 is 19.4 Å². The summed E-state index contributed by atoms with van der Waals surface area (Å²) in [5.74, 6) is -1.10. The fourth-order valence-electron chi connectivity index (χ4n) is 0.783. The van der Waals surface area contributed by atoms with Crippen molar-refractivity contribution >= 4 is 11.9 Å². The number of esters is 1. The summed E-state index contributed by atoms with van der Waals surface area (Å²) in [4.78, 5) is 22.7. The van der Waals surface area contributed by atoms with Gasteiger partial charge in [-0.2, -0.15) is 0 Å². The van der Waals surface area contributed by atoms with Crippen molar-refractivity contribution in [2.24, 2.45) is 0 Å². The summed E-state index contributed by atoms with van der Waals surface area (Å²) in [6.45, 7) is 0.978. The molecule has 0 aromatic carbocycles. The van der Waals surface area contributed by atoms with Crippen LogP contribution in [0.2, 0.25) is 0 Å². The van der Waals surface area contributed by atoms with Gasteiger partial charge < -0.3 is 14.7 Å². The molecule has 0 saturated heterocycles. The zero-order valence-electron chi connectivity index (χ0n) is 7.95. The summed E-state index contributed by atoms with van der Waals surface area (Å²) >= 11 is 0. The summed E-state index contributed by atoms with van der Waals surface area (Å²) in [5.41, 5.74) is 0. The maximum absolute atomic E-state index is 10.7. The molecule has 0 aliphatic heterocycles. The fraction of sp³-hybridized carbons (Fsp3) is 0.750. The molecule has 76 valence electrons. The van der Waals surface area contributed by atoms with E-state index in [2.05, 4.69) is 4.74 Å². The SMILES string of the molecule is COC(=O)CCN(C)CCC(=O)O. The van der Waals surface area contributed by atoms with Crippen molar-refractivity contribution in [3.8, 4) is 0 Å². The van der Waals surface area contributed by atoms with E-state index in [9.17, 15) is 9.59 Å². The molecule has 0 atom stereocenters. The largest absolute Gasteiger partial charge is 0.481 e. The number of carbonyl (C=O) groups excluding carboxylic acids is 1. The zero-order chi connectivity index (χ0) is 10.3. The Bertz CT molecular complexity index is 181. The molecule has 0 aromatic rings. The molecule has 13 heavy (non-hydrogen) atoms. The number of nitrogens with zero attached hydrogens (tertiary/aromatic N) is 1. The Morgan fingerprint density at radius 1 is 1.31 bits per heavy atom. The van der Waals surface area contributed by atoms with Crippen molar-refractivity contribution in [3.63, 3.8) is 0 Å². The highest BCUT2D eigenvalue weighted by atomic mass is 16.5. The van der Waals surface area contributed by atoms with Gasteiger partial charge in [-0.1, -0.05) is 0 Å². The number of carboxylic acid groups (broad SMARTS) is 1. The lowest BCUT2D eigenvalue weighted by molar-refractivity contribution is -0.140. The second-order valence-corrected chi connectivity index (χ2v) is 2.77. The molecule has 0 amide bonds. The minimum absolute atomic E-state index is 0.0949. The van der Waals surface area contributed by atoms with E-state index >= 15 is 0 Å². The Labute approximate surface area is 77.3 Å². The van der Waals surface area contributed by atoms with E-state index < -0.39 is 5.97 Å². The standard InChI is InChI=1S/C8H15NO4/c1-9(5-3-7(10)11)6-4-8(12)13-2/h3-6H2,1-2H3,(H,10,11). The molecule has 0 heterocycles. The Kier molecular flexibility index (Phi) is 5.88. The lowest BCUT2D eigenvalue weighted by atomic mass is 10.3. The van der Waals surface area contributed by atoms with Gasteiger partial charge in [-0.3, -0.25) is 9.59 Å². The molecule has 0 unspecified atom stereocenters. The van der Waals surface area contributed by atoms with Gasteiger partial charge in [-0.25, -0.2) is 0 Å². The molecule has 0 rings (SSSR count). The summed E-state index contributed by atoms with van der Waals surface area (Å²) in [5, 5.41) is 8.37. The van der Waals surface area contributed by atoms with Gasteiger partial charge in [-0.15, -0.1) is 0 Å². The molecule has 0 aliphatic carbocycles. The topological polar surface area (TPSA) is 66.8 Å². The van der Waals surface area contributed by atoms with Crippen molar-refractivity contribution in [3.05, 3.63) is 0 Å². The molecule has 0 bridgehead atoms. The third kappa shape index (κ3) is 7.27. The number of rotatable bonds is 6. The molecule has 0 aromatic heterocycles. The van der Waals surface area contributed by atoms with Crippen LogP contribution in [-0.2, 0) is 14.3 Å². The highest BCUT2D eigenvalue weighted by Gasteiger charge is 2.05. The summed E-state index contributed by atoms with van der Waals surface area (Å²) in [6, 6.07) is 0. The van der Waals surface area contributed by atoms with E-state index in [4.69, 9.17) is 5.11 Å². The molecule has 0 radical (unpaired) electrons. The lowest BCUT2D eigenvalue weighted by Gasteiger charge is -2.13. The maximum atomic E-state index is 10.7. The fourth-order valence-corrected chi connectivity index (χ4v) is 0.783. The van der Waals surface area contributed by atoms with Gasteiger partial charge in [-0.05, 0) is 7.05 Å². The van der Waals surface area contributed by atoms with E-state index in [1.807, 2.05) is 0 Å². The van der Waals surface area contributed by atoms with E-state index in [0.717, 1.165) is 0 Å². The van der Waals surface area contributed by atoms with Crippen LogP contribution in [0.4, 0.5) is 0 Å². The van der Waals surface area contributed by atoms with E-state index in [0.29, 0.717) is 19.5 Å². The van der Waals surface area contributed by atoms with Gasteiger partial charge in [0.05, 0.1) is 20.0 Å². The number of aliphatic carboxylic acids is 1. The van der Waals surface area contributed by atoms with Crippen LogP contribution < -0.4 is 0 Å². The average molecular weight is 189 g/mol. The van der Waals surface area contributed by atoms with Gasteiger partial charge in [0.15, 0.2) is 0 Å². The smallest absolute Gasteiger partial charge is 0.306 e. The second kappa shape index (κ2) is 6.42. The monoisotopic (exact) mass is 189 g/mol. The van der Waals surface area contributed by atoms with Crippen LogP contribution in [0.5, 0.6) is 0 Å². The van der Waals surface area contributed by atoms with Crippen LogP contribution >= 0.6 is 0 Å². The van der Waals surface area contributed by atoms with Crippen molar-refractivity contribution in [2.45, 2.75) is 12.8 Å². The van der Waals surface area contributed by atoms with Gasteiger partial charge in [0.2, 0.25) is 0 Å². The lowest BCUT2D eigenvalue weighted by Crippen LogP contribution is -2.24. The predicted octanol–water partition coefficient (Wildman–Crippen LogP) is -0.0440. The normalized spacial score (nSPS) is 10.1. The van der Waals surface area contributed by atoms with Crippen LogP contribution in [0.3, 0.4) is 0 Å². The third-order valence-electron chi connectivity index (χ3n) is 1.63. The van der Waals surface area contributed by atoms with Gasteiger partial charge in [0, 0.05) is 13.1 Å². The predicted molar refractivity (Wildman–Crippen MR) is 46.4 cm³/mol. The van der Waals surface area contributed by atoms with Crippen LogP contribution in [0, 0.1) is 0 Å². The van der Waals surface area contributed by atoms with Gasteiger partial charge in [0.1, 0.15) is 0 Å². The Morgan fingerprint density at radius 2 is 1.85 bits per heavy atom. The molecule has 0 fully saturated rings. The van der Waals surface area contributed by atoms with Crippen molar-refractivity contribution in [2.75, 3.05) is 27.2 Å². The van der Waals surface area contributed by atoms with E-state index in [1.165, 1.54) is 7.11 Å². The van der Waals surface area contributed by atoms with E-state index in [1.54, 1.807) is 11.9 Å².